The van der Waals surface area contributed by atoms with E-state index in [0.29, 0.717) is 11.5 Å². The summed E-state index contributed by atoms with van der Waals surface area (Å²) in [4.78, 5) is 22.8. The molecule has 0 saturated carbocycles. The molecule has 1 amide bonds. The van der Waals surface area contributed by atoms with Crippen molar-refractivity contribution < 1.29 is 4.79 Å². The van der Waals surface area contributed by atoms with Crippen LogP contribution >= 0.6 is 0 Å². The third kappa shape index (κ3) is 4.61. The third-order valence-electron chi connectivity index (χ3n) is 4.31. The molecular formula is C21H23N5O. The van der Waals surface area contributed by atoms with Crippen LogP contribution in [0.3, 0.4) is 0 Å². The number of benzene rings is 2. The van der Waals surface area contributed by atoms with Gasteiger partial charge in [0.25, 0.3) is 5.91 Å². The molecule has 1 heterocycles. The molecule has 0 aliphatic rings. The van der Waals surface area contributed by atoms with E-state index in [-0.39, 0.29) is 11.6 Å². The van der Waals surface area contributed by atoms with E-state index in [1.807, 2.05) is 49.3 Å². The largest absolute Gasteiger partial charge is 0.378 e. The lowest BCUT2D eigenvalue weighted by atomic mass is 10.1. The third-order valence-corrected chi connectivity index (χ3v) is 4.31. The predicted octanol–water partition coefficient (Wildman–Crippen LogP) is 4.16. The van der Waals surface area contributed by atoms with E-state index in [4.69, 9.17) is 0 Å². The minimum absolute atomic E-state index is 0.261. The van der Waals surface area contributed by atoms with Gasteiger partial charge >= 0.3 is 0 Å². The Labute approximate surface area is 159 Å². The van der Waals surface area contributed by atoms with E-state index in [2.05, 4.69) is 46.6 Å². The smallest absolute Gasteiger partial charge is 0.275 e. The van der Waals surface area contributed by atoms with Crippen molar-refractivity contribution in [1.82, 2.24) is 9.97 Å². The Morgan fingerprint density at radius 1 is 0.889 bits per heavy atom. The molecule has 138 valence electrons. The number of aryl methyl sites for hydroxylation is 2. The van der Waals surface area contributed by atoms with Gasteiger partial charge in [0.15, 0.2) is 0 Å². The average molecular weight is 361 g/mol. The van der Waals surface area contributed by atoms with E-state index in [1.165, 1.54) is 17.3 Å². The van der Waals surface area contributed by atoms with Crippen LogP contribution in [-0.4, -0.2) is 30.0 Å². The summed E-state index contributed by atoms with van der Waals surface area (Å²) in [5.74, 6) is 0.294. The number of carbonyl (C=O) groups is 1. The van der Waals surface area contributed by atoms with Crippen LogP contribution in [0.5, 0.6) is 0 Å². The molecule has 0 unspecified atom stereocenters. The van der Waals surface area contributed by atoms with Gasteiger partial charge in [-0.15, -0.1) is 0 Å². The summed E-state index contributed by atoms with van der Waals surface area (Å²) in [6, 6.07) is 13.7. The van der Waals surface area contributed by atoms with E-state index >= 15 is 0 Å². The van der Waals surface area contributed by atoms with Crippen molar-refractivity contribution in [3.05, 3.63) is 71.7 Å². The number of nitrogens with one attached hydrogen (secondary N) is 2. The highest BCUT2D eigenvalue weighted by molar-refractivity contribution is 6.02. The summed E-state index contributed by atoms with van der Waals surface area (Å²) in [7, 11) is 3.94. The van der Waals surface area contributed by atoms with Crippen LogP contribution in [0, 0.1) is 13.8 Å². The standard InChI is InChI=1S/C21H23N5O/c1-14-5-6-17(11-15(14)2)24-20-13-22-19(12-23-20)21(27)25-16-7-9-18(10-8-16)26(3)4/h5-13H,1-4H3,(H,23,24)(H,25,27). The van der Waals surface area contributed by atoms with Crippen molar-refractivity contribution in [1.29, 1.82) is 0 Å². The van der Waals surface area contributed by atoms with E-state index in [9.17, 15) is 4.79 Å². The van der Waals surface area contributed by atoms with Gasteiger partial charge in [-0.05, 0) is 61.4 Å². The summed E-state index contributed by atoms with van der Waals surface area (Å²) >= 11 is 0. The summed E-state index contributed by atoms with van der Waals surface area (Å²) in [6.07, 6.45) is 3.02. The van der Waals surface area contributed by atoms with E-state index in [1.54, 1.807) is 6.20 Å². The first-order valence-corrected chi connectivity index (χ1v) is 8.67. The number of hydrogen-bond donors (Lipinski definition) is 2. The molecule has 2 N–H and O–H groups in total. The monoisotopic (exact) mass is 361 g/mol. The Morgan fingerprint density at radius 3 is 2.19 bits per heavy atom. The Kier molecular flexibility index (Phi) is 5.35. The topological polar surface area (TPSA) is 70.2 Å². The molecule has 0 fully saturated rings. The Hall–Kier alpha value is -3.41. The van der Waals surface area contributed by atoms with Gasteiger partial charge in [0.05, 0.1) is 12.4 Å². The summed E-state index contributed by atoms with van der Waals surface area (Å²) in [5.41, 5.74) is 5.41. The van der Waals surface area contributed by atoms with Crippen molar-refractivity contribution in [3.8, 4) is 0 Å². The number of amides is 1. The Balaban J connectivity index is 1.65. The molecule has 2 aromatic carbocycles. The van der Waals surface area contributed by atoms with Gasteiger partial charge in [-0.3, -0.25) is 4.79 Å². The normalized spacial score (nSPS) is 10.4. The SMILES string of the molecule is Cc1ccc(Nc2cnc(C(=O)Nc3ccc(N(C)C)cc3)cn2)cc1C. The Bertz CT molecular complexity index is 934. The van der Waals surface area contributed by atoms with Crippen molar-refractivity contribution >= 4 is 28.8 Å². The average Bonchev–Trinajstić information content (AvgIpc) is 2.66. The van der Waals surface area contributed by atoms with Crippen LogP contribution in [0.25, 0.3) is 0 Å². The molecule has 6 heteroatoms. The molecule has 3 aromatic rings. The Morgan fingerprint density at radius 2 is 1.59 bits per heavy atom. The molecule has 0 bridgehead atoms. The van der Waals surface area contributed by atoms with Crippen molar-refractivity contribution in [2.75, 3.05) is 29.6 Å². The van der Waals surface area contributed by atoms with Gasteiger partial charge < -0.3 is 15.5 Å². The van der Waals surface area contributed by atoms with Crippen molar-refractivity contribution in [2.24, 2.45) is 0 Å². The van der Waals surface area contributed by atoms with Gasteiger partial charge in [0.1, 0.15) is 11.5 Å². The maximum Gasteiger partial charge on any atom is 0.275 e. The summed E-state index contributed by atoms with van der Waals surface area (Å²) < 4.78 is 0. The molecule has 0 radical (unpaired) electrons. The number of aromatic nitrogens is 2. The number of nitrogens with zero attached hydrogens (tertiary/aromatic N) is 3. The molecular weight excluding hydrogens is 338 g/mol. The number of anilines is 4. The van der Waals surface area contributed by atoms with Crippen LogP contribution in [0.2, 0.25) is 0 Å². The second-order valence-corrected chi connectivity index (χ2v) is 6.61. The maximum absolute atomic E-state index is 12.3. The van der Waals surface area contributed by atoms with E-state index < -0.39 is 0 Å². The molecule has 27 heavy (non-hydrogen) atoms. The molecule has 3 rings (SSSR count). The lowest BCUT2D eigenvalue weighted by Crippen LogP contribution is -2.14. The molecule has 0 spiro atoms. The highest BCUT2D eigenvalue weighted by Gasteiger charge is 2.09. The predicted molar refractivity (Wildman–Crippen MR) is 110 cm³/mol. The lowest BCUT2D eigenvalue weighted by molar-refractivity contribution is 0.102. The fourth-order valence-corrected chi connectivity index (χ4v) is 2.51. The zero-order valence-corrected chi connectivity index (χ0v) is 15.9. The van der Waals surface area contributed by atoms with Crippen molar-refractivity contribution in [2.45, 2.75) is 13.8 Å². The van der Waals surface area contributed by atoms with Crippen LogP contribution in [0.15, 0.2) is 54.9 Å². The molecule has 0 atom stereocenters. The van der Waals surface area contributed by atoms with Crippen molar-refractivity contribution in [3.63, 3.8) is 0 Å². The summed E-state index contributed by atoms with van der Waals surface area (Å²) in [5, 5.41) is 6.02. The van der Waals surface area contributed by atoms with Gasteiger partial charge in [0, 0.05) is 31.2 Å². The van der Waals surface area contributed by atoms with Gasteiger partial charge in [-0.1, -0.05) is 6.07 Å². The summed E-state index contributed by atoms with van der Waals surface area (Å²) in [6.45, 7) is 4.13. The second kappa shape index (κ2) is 7.86. The molecule has 0 saturated heterocycles. The number of carbonyl (C=O) groups excluding carboxylic acids is 1. The number of rotatable bonds is 5. The number of hydrogen-bond acceptors (Lipinski definition) is 5. The zero-order valence-electron chi connectivity index (χ0n) is 15.9. The van der Waals surface area contributed by atoms with Gasteiger partial charge in [-0.2, -0.15) is 0 Å². The first-order chi connectivity index (χ1) is 12.9. The highest BCUT2D eigenvalue weighted by atomic mass is 16.1. The van der Waals surface area contributed by atoms with Gasteiger partial charge in [0.2, 0.25) is 0 Å². The van der Waals surface area contributed by atoms with Gasteiger partial charge in [-0.25, -0.2) is 9.97 Å². The minimum atomic E-state index is -0.294. The highest BCUT2D eigenvalue weighted by Crippen LogP contribution is 2.19. The van der Waals surface area contributed by atoms with E-state index in [0.717, 1.165) is 11.4 Å². The second-order valence-electron chi connectivity index (χ2n) is 6.61. The lowest BCUT2D eigenvalue weighted by Gasteiger charge is -2.13. The molecule has 1 aromatic heterocycles. The first-order valence-electron chi connectivity index (χ1n) is 8.67. The minimum Gasteiger partial charge on any atom is -0.378 e. The zero-order chi connectivity index (χ0) is 19.4. The fourth-order valence-electron chi connectivity index (χ4n) is 2.51. The first kappa shape index (κ1) is 18.4. The maximum atomic E-state index is 12.3. The van der Waals surface area contributed by atoms with Crippen LogP contribution in [0.1, 0.15) is 21.6 Å². The van der Waals surface area contributed by atoms with Crippen LogP contribution in [-0.2, 0) is 0 Å². The molecule has 6 nitrogen and oxygen atoms in total. The fraction of sp³-hybridized carbons (Fsp3) is 0.190. The molecule has 0 aliphatic heterocycles. The van der Waals surface area contributed by atoms with Crippen LogP contribution in [0.4, 0.5) is 22.9 Å². The quantitative estimate of drug-likeness (QED) is 0.714. The van der Waals surface area contributed by atoms with Crippen LogP contribution < -0.4 is 15.5 Å². The molecule has 0 aliphatic carbocycles.